The van der Waals surface area contributed by atoms with Gasteiger partial charge in [0.15, 0.2) is 5.78 Å². The molecule has 1 heterocycles. The molecule has 0 aliphatic carbocycles. The maximum absolute atomic E-state index is 13.1. The summed E-state index contributed by atoms with van der Waals surface area (Å²) in [5.41, 5.74) is -6.69. The van der Waals surface area contributed by atoms with E-state index in [9.17, 15) is 35.3 Å². The summed E-state index contributed by atoms with van der Waals surface area (Å²) in [4.78, 5) is 12.0. The van der Waals surface area contributed by atoms with E-state index >= 15 is 0 Å². The first kappa shape index (κ1) is 24.0. The molecular weight excluding hydrogens is 491 g/mol. The van der Waals surface area contributed by atoms with E-state index in [1.165, 1.54) is 6.92 Å². The summed E-state index contributed by atoms with van der Waals surface area (Å²) in [5.74, 6) is -0.665. The zero-order valence-corrected chi connectivity index (χ0v) is 17.4. The van der Waals surface area contributed by atoms with Crippen LogP contribution >= 0.6 is 35.0 Å². The fourth-order valence-electron chi connectivity index (χ4n) is 2.62. The predicted molar refractivity (Wildman–Crippen MR) is 97.2 cm³/mol. The van der Waals surface area contributed by atoms with E-state index in [1.54, 1.807) is 0 Å². The van der Waals surface area contributed by atoms with Gasteiger partial charge in [-0.25, -0.2) is 5.01 Å². The van der Waals surface area contributed by atoms with Gasteiger partial charge in [0.25, 0.3) is 0 Å². The highest BCUT2D eigenvalue weighted by molar-refractivity contribution is 8.04. The maximum atomic E-state index is 13.1. The molecule has 160 valence electrons. The molecule has 0 spiro atoms. The first-order valence-corrected chi connectivity index (χ1v) is 9.58. The first-order chi connectivity index (χ1) is 13.2. The van der Waals surface area contributed by atoms with Gasteiger partial charge in [0.2, 0.25) is 11.5 Å². The SMILES string of the molecule is CC(=O)C1C(C)=C(SC(F)(F)F)N(c2c(Cl)cc(C(F)(F)F)cc2Cl)N1N=S=O. The molecule has 0 fully saturated rings. The van der Waals surface area contributed by atoms with Crippen LogP contribution in [0, 0.1) is 0 Å². The van der Waals surface area contributed by atoms with Crippen LogP contribution in [-0.2, 0) is 22.4 Å². The number of benzene rings is 1. The number of Topliss-reactive ketones (excluding diaryl/α,β-unsaturated/α-hetero) is 1. The molecule has 0 amide bonds. The number of carbonyl (C=O) groups excluding carboxylic acids is 1. The predicted octanol–water partition coefficient (Wildman–Crippen LogP) is 5.80. The molecule has 0 saturated carbocycles. The van der Waals surface area contributed by atoms with Crippen LogP contribution in [0.15, 0.2) is 27.2 Å². The van der Waals surface area contributed by atoms with Crippen LogP contribution in [0.4, 0.5) is 32.0 Å². The second-order valence-electron chi connectivity index (χ2n) is 5.62. The van der Waals surface area contributed by atoms with Crippen LogP contribution in [0.5, 0.6) is 0 Å². The van der Waals surface area contributed by atoms with Crippen LogP contribution in [0.2, 0.25) is 10.0 Å². The molecule has 2 rings (SSSR count). The van der Waals surface area contributed by atoms with Crippen molar-refractivity contribution in [2.75, 3.05) is 5.01 Å². The molecule has 29 heavy (non-hydrogen) atoms. The number of rotatable bonds is 4. The van der Waals surface area contributed by atoms with Gasteiger partial charge >= 0.3 is 11.7 Å². The largest absolute Gasteiger partial charge is 0.447 e. The number of ketones is 1. The second kappa shape index (κ2) is 8.46. The highest BCUT2D eigenvalue weighted by Crippen LogP contribution is 2.50. The number of anilines is 1. The molecule has 1 aromatic carbocycles. The van der Waals surface area contributed by atoms with Crippen LogP contribution < -0.4 is 5.01 Å². The van der Waals surface area contributed by atoms with Crippen molar-refractivity contribution in [3.8, 4) is 0 Å². The van der Waals surface area contributed by atoms with Crippen molar-refractivity contribution in [3.63, 3.8) is 0 Å². The monoisotopic (exact) mass is 499 g/mol. The highest BCUT2D eigenvalue weighted by Gasteiger charge is 2.47. The van der Waals surface area contributed by atoms with Gasteiger partial charge in [-0.15, -0.1) is 0 Å². The number of carbonyl (C=O) groups is 1. The van der Waals surface area contributed by atoms with Crippen molar-refractivity contribution in [1.29, 1.82) is 0 Å². The zero-order valence-electron chi connectivity index (χ0n) is 14.2. The molecule has 0 N–H and O–H groups in total. The fourth-order valence-corrected chi connectivity index (χ4v) is 4.26. The van der Waals surface area contributed by atoms with Gasteiger partial charge in [-0.3, -0.25) is 4.79 Å². The topological polar surface area (TPSA) is 53.0 Å². The van der Waals surface area contributed by atoms with E-state index in [1.807, 2.05) is 0 Å². The number of thioether (sulfide) groups is 1. The van der Waals surface area contributed by atoms with Gasteiger partial charge in [-0.05, 0) is 31.6 Å². The smallest absolute Gasteiger partial charge is 0.298 e. The molecule has 1 aliphatic heterocycles. The van der Waals surface area contributed by atoms with Crippen LogP contribution in [-0.4, -0.2) is 26.7 Å². The Morgan fingerprint density at radius 3 is 2.03 bits per heavy atom. The normalized spacial score (nSPS) is 18.4. The third kappa shape index (κ3) is 5.08. The van der Waals surface area contributed by atoms with Crippen molar-refractivity contribution in [2.45, 2.75) is 31.6 Å². The van der Waals surface area contributed by atoms with Gasteiger partial charge in [-0.2, -0.15) is 30.6 Å². The van der Waals surface area contributed by atoms with Crippen molar-refractivity contribution in [2.24, 2.45) is 4.47 Å². The molecule has 5 nitrogen and oxygen atoms in total. The molecule has 1 unspecified atom stereocenters. The minimum Gasteiger partial charge on any atom is -0.298 e. The first-order valence-electron chi connectivity index (χ1n) is 7.31. The van der Waals surface area contributed by atoms with E-state index in [-0.39, 0.29) is 5.57 Å². The molecule has 1 aliphatic rings. The van der Waals surface area contributed by atoms with Gasteiger partial charge in [0.1, 0.15) is 11.1 Å². The number of alkyl halides is 6. The van der Waals surface area contributed by atoms with Gasteiger partial charge in [0.05, 0.1) is 21.3 Å². The Labute approximate surface area is 177 Å². The summed E-state index contributed by atoms with van der Waals surface area (Å²) in [6.07, 6.45) is -4.82. The van der Waals surface area contributed by atoms with Gasteiger partial charge in [0, 0.05) is 11.8 Å². The van der Waals surface area contributed by atoms with Crippen molar-refractivity contribution in [3.05, 3.63) is 38.3 Å². The Bertz CT molecular complexity index is 908. The Morgan fingerprint density at radius 1 is 1.14 bits per heavy atom. The van der Waals surface area contributed by atoms with E-state index in [2.05, 4.69) is 4.47 Å². The maximum Gasteiger partial charge on any atom is 0.447 e. The zero-order chi connectivity index (χ0) is 22.3. The Kier molecular flexibility index (Phi) is 7.00. The van der Waals surface area contributed by atoms with Crippen molar-refractivity contribution >= 4 is 57.9 Å². The molecule has 0 bridgehead atoms. The molecule has 15 heteroatoms. The Balaban J connectivity index is 2.78. The Hall–Kier alpha value is -1.28. The number of hydrazine groups is 1. The Morgan fingerprint density at radius 2 is 1.66 bits per heavy atom. The lowest BCUT2D eigenvalue weighted by molar-refractivity contribution is -0.137. The number of nitrogens with zero attached hydrogens (tertiary/aromatic N) is 3. The third-order valence-electron chi connectivity index (χ3n) is 3.65. The molecule has 1 atom stereocenters. The number of hydrogen-bond acceptors (Lipinski definition) is 5. The molecule has 1 aromatic rings. The number of hydrogen-bond donors (Lipinski definition) is 0. The number of halogens is 8. The average molecular weight is 500 g/mol. The van der Waals surface area contributed by atoms with E-state index in [0.717, 1.165) is 6.92 Å². The second-order valence-corrected chi connectivity index (χ2v) is 7.80. The van der Waals surface area contributed by atoms with Gasteiger partial charge < -0.3 is 0 Å². The van der Waals surface area contributed by atoms with E-state index in [0.29, 0.717) is 22.3 Å². The minimum absolute atomic E-state index is 0.135. The fraction of sp³-hybridized carbons (Fsp3) is 0.357. The summed E-state index contributed by atoms with van der Waals surface area (Å²) < 4.78 is 92.7. The standard InChI is InChI=1S/C14H9Cl2F6N3O2S2/c1-5-10(6(2)26)25(23-29-27)24(12(5)28-14(20,21)22)11-8(15)3-7(4-9(11)16)13(17,18)19/h3-4,10H,1-2H3. The van der Waals surface area contributed by atoms with Crippen LogP contribution in [0.1, 0.15) is 19.4 Å². The quantitative estimate of drug-likeness (QED) is 0.489. The summed E-state index contributed by atoms with van der Waals surface area (Å²) in [6.45, 7) is 2.26. The van der Waals surface area contributed by atoms with Crippen molar-refractivity contribution in [1.82, 2.24) is 5.12 Å². The van der Waals surface area contributed by atoms with E-state index < -0.39 is 73.1 Å². The van der Waals surface area contributed by atoms with Crippen molar-refractivity contribution < 1.29 is 35.3 Å². The molecule has 0 saturated heterocycles. The van der Waals surface area contributed by atoms with Crippen LogP contribution in [0.3, 0.4) is 0 Å². The minimum atomic E-state index is -4.83. The summed E-state index contributed by atoms with van der Waals surface area (Å²) in [5, 5.41) is -0.686. The van der Waals surface area contributed by atoms with E-state index in [4.69, 9.17) is 23.2 Å². The highest BCUT2D eigenvalue weighted by atomic mass is 35.5. The lowest BCUT2D eigenvalue weighted by Crippen LogP contribution is -2.42. The lowest BCUT2D eigenvalue weighted by Gasteiger charge is -2.31. The molecular formula is C14H9Cl2F6N3O2S2. The summed E-state index contributed by atoms with van der Waals surface area (Å²) in [7, 11) is 0. The molecule has 0 aromatic heterocycles. The summed E-state index contributed by atoms with van der Waals surface area (Å²) >= 11 is 10.8. The average Bonchev–Trinajstić information content (AvgIpc) is 2.77. The van der Waals surface area contributed by atoms with Gasteiger partial charge in [-0.1, -0.05) is 32.8 Å². The third-order valence-corrected chi connectivity index (χ3v) is 5.38. The molecule has 0 radical (unpaired) electrons. The lowest BCUT2D eigenvalue weighted by atomic mass is 10.1. The summed E-state index contributed by atoms with van der Waals surface area (Å²) in [6, 6.07) is -0.467. The van der Waals surface area contributed by atoms with Crippen LogP contribution in [0.25, 0.3) is 0 Å².